The van der Waals surface area contributed by atoms with Crippen LogP contribution in [-0.2, 0) is 11.2 Å². The molecule has 5 nitrogen and oxygen atoms in total. The third-order valence-corrected chi connectivity index (χ3v) is 4.78. The number of rotatable bonds is 6. The standard InChI is InChI=1S/C20H19N3O2S/c1-12(2)8-17-15(10-21)20(18-4-3-7-26-18)14-9-13(25-11-19(22)24)5-6-16(14)23-17/h3-7,9,12H,8,11H2,1-2H3,(H2,22,24). The van der Waals surface area contributed by atoms with Crippen LogP contribution in [0.5, 0.6) is 5.75 Å². The van der Waals surface area contributed by atoms with Crippen LogP contribution in [0.15, 0.2) is 35.7 Å². The normalized spacial score (nSPS) is 10.8. The van der Waals surface area contributed by atoms with Gasteiger partial charge < -0.3 is 10.5 Å². The summed E-state index contributed by atoms with van der Waals surface area (Å²) >= 11 is 1.58. The summed E-state index contributed by atoms with van der Waals surface area (Å²) in [7, 11) is 0. The van der Waals surface area contributed by atoms with E-state index in [0.717, 1.165) is 33.5 Å². The summed E-state index contributed by atoms with van der Waals surface area (Å²) in [6.07, 6.45) is 0.733. The molecule has 1 aromatic carbocycles. The third-order valence-electron chi connectivity index (χ3n) is 3.89. The molecule has 0 radical (unpaired) electrons. The van der Waals surface area contributed by atoms with Gasteiger partial charge in [-0.2, -0.15) is 5.26 Å². The molecule has 0 spiro atoms. The fraction of sp³-hybridized carbons (Fsp3) is 0.250. The zero-order chi connectivity index (χ0) is 18.7. The predicted molar refractivity (Wildman–Crippen MR) is 103 cm³/mol. The lowest BCUT2D eigenvalue weighted by Gasteiger charge is -2.14. The molecule has 0 aliphatic rings. The number of amides is 1. The van der Waals surface area contributed by atoms with Gasteiger partial charge in [0.15, 0.2) is 6.61 Å². The molecule has 0 saturated carbocycles. The average Bonchev–Trinajstić information content (AvgIpc) is 3.12. The van der Waals surface area contributed by atoms with E-state index in [4.69, 9.17) is 15.5 Å². The van der Waals surface area contributed by atoms with Gasteiger partial charge in [0.1, 0.15) is 11.8 Å². The van der Waals surface area contributed by atoms with Crippen LogP contribution in [-0.4, -0.2) is 17.5 Å². The smallest absolute Gasteiger partial charge is 0.255 e. The summed E-state index contributed by atoms with van der Waals surface area (Å²) in [6.45, 7) is 4.03. The first kappa shape index (κ1) is 17.9. The second-order valence-corrected chi connectivity index (χ2v) is 7.38. The number of carbonyl (C=O) groups excluding carboxylic acids is 1. The molecule has 0 bridgehead atoms. The highest BCUT2D eigenvalue weighted by atomic mass is 32.1. The SMILES string of the molecule is CC(C)Cc1nc2ccc(OCC(N)=O)cc2c(-c2cccs2)c1C#N. The number of carbonyl (C=O) groups is 1. The monoisotopic (exact) mass is 365 g/mol. The Labute approximate surface area is 156 Å². The topological polar surface area (TPSA) is 89.0 Å². The van der Waals surface area contributed by atoms with E-state index in [1.54, 1.807) is 17.4 Å². The highest BCUT2D eigenvalue weighted by Crippen LogP contribution is 2.37. The van der Waals surface area contributed by atoms with Crippen LogP contribution in [0.4, 0.5) is 0 Å². The highest BCUT2D eigenvalue weighted by molar-refractivity contribution is 7.13. The average molecular weight is 365 g/mol. The van der Waals surface area contributed by atoms with Crippen molar-refractivity contribution in [3.8, 4) is 22.3 Å². The molecule has 3 rings (SSSR count). The number of benzene rings is 1. The lowest BCUT2D eigenvalue weighted by molar-refractivity contribution is -0.119. The molecular formula is C20H19N3O2S. The van der Waals surface area contributed by atoms with Gasteiger partial charge in [-0.25, -0.2) is 0 Å². The van der Waals surface area contributed by atoms with E-state index in [1.165, 1.54) is 0 Å². The number of hydrogen-bond donors (Lipinski definition) is 1. The minimum Gasteiger partial charge on any atom is -0.484 e. The van der Waals surface area contributed by atoms with Crippen LogP contribution in [0.3, 0.4) is 0 Å². The van der Waals surface area contributed by atoms with Crippen molar-refractivity contribution in [1.29, 1.82) is 5.26 Å². The molecule has 132 valence electrons. The quantitative estimate of drug-likeness (QED) is 0.717. The number of nitrogens with zero attached hydrogens (tertiary/aromatic N) is 2. The summed E-state index contributed by atoms with van der Waals surface area (Å²) in [5.74, 6) is 0.379. The molecule has 2 aromatic heterocycles. The molecule has 0 atom stereocenters. The van der Waals surface area contributed by atoms with Gasteiger partial charge in [0.2, 0.25) is 0 Å². The van der Waals surface area contributed by atoms with E-state index in [2.05, 4.69) is 19.9 Å². The largest absolute Gasteiger partial charge is 0.484 e. The molecule has 0 unspecified atom stereocenters. The van der Waals surface area contributed by atoms with Gasteiger partial charge in [0, 0.05) is 15.8 Å². The van der Waals surface area contributed by atoms with Crippen LogP contribution in [0.1, 0.15) is 25.1 Å². The minimum absolute atomic E-state index is 0.191. The number of thiophene rings is 1. The number of pyridine rings is 1. The first-order valence-electron chi connectivity index (χ1n) is 8.31. The van der Waals surface area contributed by atoms with Crippen molar-refractivity contribution in [2.24, 2.45) is 11.7 Å². The Bertz CT molecular complexity index is 988. The number of aromatic nitrogens is 1. The summed E-state index contributed by atoms with van der Waals surface area (Å²) in [6, 6.07) is 11.7. The van der Waals surface area contributed by atoms with Gasteiger partial charge in [-0.05, 0) is 42.0 Å². The zero-order valence-corrected chi connectivity index (χ0v) is 15.5. The van der Waals surface area contributed by atoms with Crippen molar-refractivity contribution >= 4 is 28.1 Å². The second kappa shape index (κ2) is 7.54. The Kier molecular flexibility index (Phi) is 5.19. The number of primary amides is 1. The maximum Gasteiger partial charge on any atom is 0.255 e. The molecule has 2 heterocycles. The molecule has 2 N–H and O–H groups in total. The molecule has 0 saturated heterocycles. The lowest BCUT2D eigenvalue weighted by Crippen LogP contribution is -2.20. The van der Waals surface area contributed by atoms with Crippen molar-refractivity contribution < 1.29 is 9.53 Å². The Hall–Kier alpha value is -2.91. The third kappa shape index (κ3) is 3.68. The molecule has 26 heavy (non-hydrogen) atoms. The lowest BCUT2D eigenvalue weighted by atomic mass is 9.95. The first-order valence-corrected chi connectivity index (χ1v) is 9.19. The molecule has 0 aliphatic carbocycles. The van der Waals surface area contributed by atoms with Gasteiger partial charge in [-0.3, -0.25) is 9.78 Å². The Morgan fingerprint density at radius 2 is 2.19 bits per heavy atom. The van der Waals surface area contributed by atoms with E-state index in [1.807, 2.05) is 29.6 Å². The number of nitrogens with two attached hydrogens (primary N) is 1. The van der Waals surface area contributed by atoms with Crippen LogP contribution >= 0.6 is 11.3 Å². The van der Waals surface area contributed by atoms with Crippen LogP contribution in [0, 0.1) is 17.2 Å². The zero-order valence-electron chi connectivity index (χ0n) is 14.7. The van der Waals surface area contributed by atoms with Gasteiger partial charge >= 0.3 is 0 Å². The van der Waals surface area contributed by atoms with Crippen LogP contribution in [0.25, 0.3) is 21.3 Å². The second-order valence-electron chi connectivity index (χ2n) is 6.43. The van der Waals surface area contributed by atoms with Crippen LogP contribution < -0.4 is 10.5 Å². The fourth-order valence-electron chi connectivity index (χ4n) is 2.87. The number of fused-ring (bicyclic) bond motifs is 1. The molecule has 0 fully saturated rings. The van der Waals surface area contributed by atoms with E-state index in [9.17, 15) is 10.1 Å². The Balaban J connectivity index is 2.25. The van der Waals surface area contributed by atoms with Gasteiger partial charge in [-0.15, -0.1) is 11.3 Å². The highest BCUT2D eigenvalue weighted by Gasteiger charge is 2.18. The van der Waals surface area contributed by atoms with Gasteiger partial charge in [0.05, 0.1) is 16.8 Å². The van der Waals surface area contributed by atoms with Crippen LogP contribution in [0.2, 0.25) is 0 Å². The summed E-state index contributed by atoms with van der Waals surface area (Å²) in [5.41, 5.74) is 8.23. The maximum atomic E-state index is 11.0. The van der Waals surface area contributed by atoms with E-state index < -0.39 is 5.91 Å². The van der Waals surface area contributed by atoms with Crippen molar-refractivity contribution in [3.63, 3.8) is 0 Å². The molecule has 0 aliphatic heterocycles. The maximum absolute atomic E-state index is 11.0. The summed E-state index contributed by atoms with van der Waals surface area (Å²) in [4.78, 5) is 16.7. The molecule has 6 heteroatoms. The van der Waals surface area contributed by atoms with E-state index >= 15 is 0 Å². The number of hydrogen-bond acceptors (Lipinski definition) is 5. The minimum atomic E-state index is -0.535. The molecular weight excluding hydrogens is 346 g/mol. The predicted octanol–water partition coefficient (Wildman–Crippen LogP) is 3.90. The molecule has 1 amide bonds. The van der Waals surface area contributed by atoms with Crippen molar-refractivity contribution in [2.75, 3.05) is 6.61 Å². The molecule has 3 aromatic rings. The summed E-state index contributed by atoms with van der Waals surface area (Å²) < 4.78 is 5.43. The van der Waals surface area contributed by atoms with Crippen molar-refractivity contribution in [2.45, 2.75) is 20.3 Å². The first-order chi connectivity index (χ1) is 12.5. The number of ether oxygens (including phenoxy) is 1. The van der Waals surface area contributed by atoms with Gasteiger partial charge in [0.25, 0.3) is 5.91 Å². The summed E-state index contributed by atoms with van der Waals surface area (Å²) in [5, 5.41) is 12.7. The van der Waals surface area contributed by atoms with Crippen molar-refractivity contribution in [1.82, 2.24) is 4.98 Å². The number of nitriles is 1. The Morgan fingerprint density at radius 3 is 2.81 bits per heavy atom. The van der Waals surface area contributed by atoms with E-state index in [0.29, 0.717) is 17.2 Å². The van der Waals surface area contributed by atoms with Crippen molar-refractivity contribution in [3.05, 3.63) is 47.0 Å². The Morgan fingerprint density at radius 1 is 1.38 bits per heavy atom. The fourth-order valence-corrected chi connectivity index (χ4v) is 3.66. The van der Waals surface area contributed by atoms with E-state index in [-0.39, 0.29) is 6.61 Å². The van der Waals surface area contributed by atoms with Gasteiger partial charge in [-0.1, -0.05) is 19.9 Å².